The second kappa shape index (κ2) is 6.66. The summed E-state index contributed by atoms with van der Waals surface area (Å²) in [5.41, 5.74) is 1.79. The zero-order chi connectivity index (χ0) is 16.4. The summed E-state index contributed by atoms with van der Waals surface area (Å²) in [5.74, 6) is -0.384. The van der Waals surface area contributed by atoms with Gasteiger partial charge in [-0.1, -0.05) is 6.07 Å². The van der Waals surface area contributed by atoms with E-state index in [0.29, 0.717) is 13.1 Å². The molecule has 0 saturated carbocycles. The lowest BCUT2D eigenvalue weighted by atomic mass is 9.93. The SMILES string of the molecule is CC(=O)N1Cc2cccnc2C(C(=O)NC2CCN(C)CC2)C1. The first-order valence-electron chi connectivity index (χ1n) is 8.23. The van der Waals surface area contributed by atoms with E-state index in [1.54, 1.807) is 18.0 Å². The first-order valence-corrected chi connectivity index (χ1v) is 8.23. The number of nitrogens with one attached hydrogen (secondary N) is 1. The molecule has 2 amide bonds. The summed E-state index contributed by atoms with van der Waals surface area (Å²) in [4.78, 5) is 33.0. The molecular weight excluding hydrogens is 292 g/mol. The van der Waals surface area contributed by atoms with Gasteiger partial charge in [0.05, 0.1) is 11.6 Å². The number of nitrogens with zero attached hydrogens (tertiary/aromatic N) is 3. The summed E-state index contributed by atoms with van der Waals surface area (Å²) < 4.78 is 0. The molecule has 124 valence electrons. The number of rotatable bonds is 2. The number of carbonyl (C=O) groups excluding carboxylic acids is 2. The lowest BCUT2D eigenvalue weighted by molar-refractivity contribution is -0.132. The Hall–Kier alpha value is -1.95. The molecule has 2 aliphatic rings. The highest BCUT2D eigenvalue weighted by molar-refractivity contribution is 5.85. The Bertz CT molecular complexity index is 596. The zero-order valence-electron chi connectivity index (χ0n) is 13.8. The van der Waals surface area contributed by atoms with Crippen molar-refractivity contribution in [2.75, 3.05) is 26.7 Å². The van der Waals surface area contributed by atoms with Crippen molar-refractivity contribution in [1.82, 2.24) is 20.1 Å². The highest BCUT2D eigenvalue weighted by atomic mass is 16.2. The number of pyridine rings is 1. The quantitative estimate of drug-likeness (QED) is 0.874. The number of carbonyl (C=O) groups is 2. The number of fused-ring (bicyclic) bond motifs is 1. The highest BCUT2D eigenvalue weighted by Crippen LogP contribution is 2.27. The van der Waals surface area contributed by atoms with E-state index in [0.717, 1.165) is 37.2 Å². The Morgan fingerprint density at radius 2 is 2.04 bits per heavy atom. The molecule has 1 saturated heterocycles. The normalized spacial score (nSPS) is 22.5. The van der Waals surface area contributed by atoms with Crippen LogP contribution in [0.5, 0.6) is 0 Å². The van der Waals surface area contributed by atoms with Gasteiger partial charge in [0, 0.05) is 32.3 Å². The van der Waals surface area contributed by atoms with E-state index >= 15 is 0 Å². The van der Waals surface area contributed by atoms with Crippen LogP contribution in [-0.4, -0.2) is 59.3 Å². The third-order valence-corrected chi connectivity index (χ3v) is 4.85. The van der Waals surface area contributed by atoms with E-state index < -0.39 is 0 Å². The van der Waals surface area contributed by atoms with Gasteiger partial charge in [-0.25, -0.2) is 0 Å². The standard InChI is InChI=1S/C17H24N4O2/c1-12(22)21-10-13-4-3-7-18-16(13)15(11-21)17(23)19-14-5-8-20(2)9-6-14/h3-4,7,14-15H,5-6,8-11H2,1-2H3,(H,19,23). The molecule has 1 aromatic rings. The van der Waals surface area contributed by atoms with Crippen LogP contribution in [0.2, 0.25) is 0 Å². The Kier molecular flexibility index (Phi) is 4.61. The maximum Gasteiger partial charge on any atom is 0.231 e. The van der Waals surface area contributed by atoms with Gasteiger partial charge in [0.1, 0.15) is 0 Å². The molecule has 1 fully saturated rings. The van der Waals surface area contributed by atoms with Gasteiger partial charge in [0.2, 0.25) is 11.8 Å². The maximum absolute atomic E-state index is 12.8. The smallest absolute Gasteiger partial charge is 0.231 e. The minimum atomic E-state index is -0.372. The zero-order valence-corrected chi connectivity index (χ0v) is 13.8. The number of hydrogen-bond acceptors (Lipinski definition) is 4. The van der Waals surface area contributed by atoms with E-state index in [2.05, 4.69) is 22.2 Å². The number of aromatic nitrogens is 1. The van der Waals surface area contributed by atoms with Crippen molar-refractivity contribution < 1.29 is 9.59 Å². The lowest BCUT2D eigenvalue weighted by Crippen LogP contribution is -2.48. The van der Waals surface area contributed by atoms with Gasteiger partial charge >= 0.3 is 0 Å². The van der Waals surface area contributed by atoms with Crippen LogP contribution >= 0.6 is 0 Å². The van der Waals surface area contributed by atoms with Crippen LogP contribution in [0.15, 0.2) is 18.3 Å². The Balaban J connectivity index is 1.74. The number of likely N-dealkylation sites (tertiary alicyclic amines) is 1. The topological polar surface area (TPSA) is 65.5 Å². The molecule has 0 spiro atoms. The van der Waals surface area contributed by atoms with Crippen molar-refractivity contribution in [3.8, 4) is 0 Å². The van der Waals surface area contributed by atoms with Crippen LogP contribution in [0.25, 0.3) is 0 Å². The predicted molar refractivity (Wildman–Crippen MR) is 86.7 cm³/mol. The molecule has 1 unspecified atom stereocenters. The van der Waals surface area contributed by atoms with E-state index in [9.17, 15) is 9.59 Å². The molecule has 0 bridgehead atoms. The molecular formula is C17H24N4O2. The number of amides is 2. The van der Waals surface area contributed by atoms with Gasteiger partial charge in [-0.2, -0.15) is 0 Å². The molecule has 6 nitrogen and oxygen atoms in total. The van der Waals surface area contributed by atoms with Gasteiger partial charge in [-0.3, -0.25) is 14.6 Å². The molecule has 23 heavy (non-hydrogen) atoms. The van der Waals surface area contributed by atoms with Gasteiger partial charge < -0.3 is 15.1 Å². The molecule has 0 aromatic carbocycles. The highest BCUT2D eigenvalue weighted by Gasteiger charge is 2.33. The van der Waals surface area contributed by atoms with Crippen molar-refractivity contribution in [2.24, 2.45) is 0 Å². The fraction of sp³-hybridized carbons (Fsp3) is 0.588. The van der Waals surface area contributed by atoms with Crippen molar-refractivity contribution in [3.05, 3.63) is 29.6 Å². The third kappa shape index (κ3) is 3.52. The second-order valence-corrected chi connectivity index (χ2v) is 6.59. The van der Waals surface area contributed by atoms with Gasteiger partial charge in [-0.05, 0) is 44.6 Å². The third-order valence-electron chi connectivity index (χ3n) is 4.85. The number of piperidine rings is 1. The average molecular weight is 316 g/mol. The summed E-state index contributed by atoms with van der Waals surface area (Å²) in [6.07, 6.45) is 3.67. The minimum Gasteiger partial charge on any atom is -0.353 e. The largest absolute Gasteiger partial charge is 0.353 e. The Morgan fingerprint density at radius 1 is 1.30 bits per heavy atom. The van der Waals surface area contributed by atoms with Gasteiger partial charge in [-0.15, -0.1) is 0 Å². The first-order chi connectivity index (χ1) is 11.0. The van der Waals surface area contributed by atoms with E-state index in [1.165, 1.54) is 0 Å². The predicted octanol–water partition coefficient (Wildman–Crippen LogP) is 0.738. The molecule has 3 rings (SSSR count). The second-order valence-electron chi connectivity index (χ2n) is 6.59. The van der Waals surface area contributed by atoms with Crippen molar-refractivity contribution >= 4 is 11.8 Å². The van der Waals surface area contributed by atoms with Crippen LogP contribution in [0.4, 0.5) is 0 Å². The maximum atomic E-state index is 12.8. The summed E-state index contributed by atoms with van der Waals surface area (Å²) >= 11 is 0. The summed E-state index contributed by atoms with van der Waals surface area (Å²) in [5, 5.41) is 3.17. The Morgan fingerprint density at radius 3 is 2.74 bits per heavy atom. The monoisotopic (exact) mass is 316 g/mol. The van der Waals surface area contributed by atoms with E-state index in [4.69, 9.17) is 0 Å². The van der Waals surface area contributed by atoms with E-state index in [-0.39, 0.29) is 23.8 Å². The van der Waals surface area contributed by atoms with Crippen molar-refractivity contribution in [1.29, 1.82) is 0 Å². The molecule has 0 radical (unpaired) electrons. The molecule has 2 aliphatic heterocycles. The molecule has 3 heterocycles. The van der Waals surface area contributed by atoms with Gasteiger partial charge in [0.25, 0.3) is 0 Å². The fourth-order valence-electron chi connectivity index (χ4n) is 3.38. The summed E-state index contributed by atoms with van der Waals surface area (Å²) in [6, 6.07) is 4.03. The van der Waals surface area contributed by atoms with E-state index in [1.807, 2.05) is 12.1 Å². The molecule has 6 heteroatoms. The minimum absolute atomic E-state index is 0.00315. The van der Waals surface area contributed by atoms with Crippen molar-refractivity contribution in [3.63, 3.8) is 0 Å². The Labute approximate surface area is 136 Å². The van der Waals surface area contributed by atoms with Crippen LogP contribution in [0.3, 0.4) is 0 Å². The lowest BCUT2D eigenvalue weighted by Gasteiger charge is -2.34. The molecule has 0 aliphatic carbocycles. The van der Waals surface area contributed by atoms with Crippen LogP contribution in [-0.2, 0) is 16.1 Å². The summed E-state index contributed by atoms with van der Waals surface area (Å²) in [6.45, 7) is 4.51. The average Bonchev–Trinajstić information content (AvgIpc) is 2.55. The van der Waals surface area contributed by atoms with Crippen LogP contribution in [0.1, 0.15) is 36.9 Å². The number of hydrogen-bond donors (Lipinski definition) is 1. The van der Waals surface area contributed by atoms with Gasteiger partial charge in [0.15, 0.2) is 0 Å². The summed E-state index contributed by atoms with van der Waals surface area (Å²) in [7, 11) is 2.10. The fourth-order valence-corrected chi connectivity index (χ4v) is 3.38. The molecule has 1 N–H and O–H groups in total. The first kappa shape index (κ1) is 15.9. The molecule has 1 aromatic heterocycles. The van der Waals surface area contributed by atoms with Crippen LogP contribution < -0.4 is 5.32 Å². The molecule has 1 atom stereocenters. The van der Waals surface area contributed by atoms with Crippen LogP contribution in [0, 0.1) is 0 Å². The van der Waals surface area contributed by atoms with Crippen molar-refractivity contribution in [2.45, 2.75) is 38.3 Å².